The van der Waals surface area contributed by atoms with E-state index >= 15 is 0 Å². The summed E-state index contributed by atoms with van der Waals surface area (Å²) in [5.41, 5.74) is 1.02. The summed E-state index contributed by atoms with van der Waals surface area (Å²) in [6, 6.07) is 4.17. The summed E-state index contributed by atoms with van der Waals surface area (Å²) in [6.45, 7) is 3.03. The smallest absolute Gasteiger partial charge is 0.337 e. The maximum absolute atomic E-state index is 12.8. The van der Waals surface area contributed by atoms with Gasteiger partial charge in [-0.1, -0.05) is 0 Å². The highest BCUT2D eigenvalue weighted by molar-refractivity contribution is 8.00. The van der Waals surface area contributed by atoms with Crippen molar-refractivity contribution in [1.29, 1.82) is 0 Å². The maximum Gasteiger partial charge on any atom is 0.337 e. The molecule has 3 N–H and O–H groups in total. The zero-order valence-corrected chi connectivity index (χ0v) is 17.3. The number of nitrogens with one attached hydrogen (secondary N) is 3. The minimum Gasteiger partial charge on any atom is -0.463 e. The molecule has 2 rings (SSSR count). The predicted molar refractivity (Wildman–Crippen MR) is 108 cm³/mol. The average Bonchev–Trinajstić information content (AvgIpc) is 2.68. The van der Waals surface area contributed by atoms with Crippen LogP contribution in [0.15, 0.2) is 35.5 Å². The lowest BCUT2D eigenvalue weighted by Crippen LogP contribution is -2.49. The predicted octanol–water partition coefficient (Wildman–Crippen LogP) is 1.56. The van der Waals surface area contributed by atoms with Crippen molar-refractivity contribution in [2.75, 3.05) is 30.0 Å². The fraction of sp³-hybridized carbons (Fsp3) is 0.368. The van der Waals surface area contributed by atoms with Crippen molar-refractivity contribution < 1.29 is 33.0 Å². The van der Waals surface area contributed by atoms with Gasteiger partial charge in [-0.2, -0.15) is 0 Å². The Morgan fingerprint density at radius 2 is 1.90 bits per heavy atom. The number of hydrogen-bond donors (Lipinski definition) is 3. The lowest BCUT2D eigenvalue weighted by Gasteiger charge is -2.26. The van der Waals surface area contributed by atoms with Gasteiger partial charge in [0, 0.05) is 17.1 Å². The molecule has 0 aliphatic carbocycles. The Balaban J connectivity index is 1.81. The molecule has 0 radical (unpaired) electrons. The number of amides is 3. The number of halogens is 1. The molecule has 1 aromatic rings. The van der Waals surface area contributed by atoms with Gasteiger partial charge in [0.1, 0.15) is 5.82 Å². The monoisotopic (exact) mass is 439 g/mol. The van der Waals surface area contributed by atoms with E-state index in [4.69, 9.17) is 9.47 Å². The van der Waals surface area contributed by atoms with Gasteiger partial charge in [-0.25, -0.2) is 14.0 Å². The minimum absolute atomic E-state index is 0.0961. The van der Waals surface area contributed by atoms with Gasteiger partial charge in [0.15, 0.2) is 6.61 Å². The van der Waals surface area contributed by atoms with Crippen molar-refractivity contribution in [1.82, 2.24) is 10.6 Å². The number of esters is 2. The number of carbonyl (C=O) groups excluding carboxylic acids is 4. The van der Waals surface area contributed by atoms with Crippen LogP contribution in [-0.4, -0.2) is 54.6 Å². The average molecular weight is 439 g/mol. The van der Waals surface area contributed by atoms with Crippen molar-refractivity contribution in [2.45, 2.75) is 19.9 Å². The summed E-state index contributed by atoms with van der Waals surface area (Å²) >= 11 is 1.11. The number of carbonyl (C=O) groups is 4. The third-order valence-corrected chi connectivity index (χ3v) is 4.76. The van der Waals surface area contributed by atoms with Crippen LogP contribution in [0.4, 0.5) is 14.9 Å². The Labute approximate surface area is 176 Å². The van der Waals surface area contributed by atoms with Gasteiger partial charge in [-0.05, 0) is 38.1 Å². The fourth-order valence-electron chi connectivity index (χ4n) is 2.55. The third kappa shape index (κ3) is 7.07. The van der Waals surface area contributed by atoms with E-state index in [0.717, 1.165) is 11.8 Å². The van der Waals surface area contributed by atoms with Crippen LogP contribution in [0.5, 0.6) is 0 Å². The van der Waals surface area contributed by atoms with Crippen LogP contribution in [0, 0.1) is 5.82 Å². The molecule has 0 spiro atoms. The normalized spacial score (nSPS) is 15.7. The standard InChI is InChI=1S/C19H22FN3O6S/c1-3-28-18(26)17-11(2)21-19(27)23-14(17)9-30-10-16(25)29-8-15(24)22-13-6-4-12(20)5-7-13/h4-7,11H,3,8-10H2,1-2H3,(H,22,24)(H2,21,23,27). The number of urea groups is 1. The number of rotatable bonds is 9. The van der Waals surface area contributed by atoms with Crippen molar-refractivity contribution in [3.63, 3.8) is 0 Å². The number of benzene rings is 1. The highest BCUT2D eigenvalue weighted by atomic mass is 32.2. The zero-order valence-electron chi connectivity index (χ0n) is 16.5. The first-order chi connectivity index (χ1) is 14.3. The molecule has 30 heavy (non-hydrogen) atoms. The van der Waals surface area contributed by atoms with Crippen molar-refractivity contribution in [3.8, 4) is 0 Å². The molecule has 1 aromatic carbocycles. The van der Waals surface area contributed by atoms with Gasteiger partial charge < -0.3 is 25.4 Å². The van der Waals surface area contributed by atoms with E-state index in [1.807, 2.05) is 0 Å². The van der Waals surface area contributed by atoms with E-state index in [1.54, 1.807) is 13.8 Å². The SMILES string of the molecule is CCOC(=O)C1=C(CSCC(=O)OCC(=O)Nc2ccc(F)cc2)NC(=O)NC1C. The van der Waals surface area contributed by atoms with Crippen LogP contribution in [-0.2, 0) is 23.9 Å². The Kier molecular flexibility index (Phi) is 8.66. The quantitative estimate of drug-likeness (QED) is 0.499. The van der Waals surface area contributed by atoms with Crippen molar-refractivity contribution >= 4 is 41.3 Å². The lowest BCUT2D eigenvalue weighted by atomic mass is 10.1. The first-order valence-electron chi connectivity index (χ1n) is 9.06. The number of thioether (sulfide) groups is 1. The molecule has 1 heterocycles. The summed E-state index contributed by atoms with van der Waals surface area (Å²) in [6.07, 6.45) is 0. The minimum atomic E-state index is -0.638. The molecular weight excluding hydrogens is 417 g/mol. The van der Waals surface area contributed by atoms with Crippen molar-refractivity contribution in [3.05, 3.63) is 41.4 Å². The van der Waals surface area contributed by atoms with E-state index in [2.05, 4.69) is 16.0 Å². The van der Waals surface area contributed by atoms with Crippen molar-refractivity contribution in [2.24, 2.45) is 0 Å². The molecule has 0 fully saturated rings. The molecule has 9 nitrogen and oxygen atoms in total. The van der Waals surface area contributed by atoms with Gasteiger partial charge in [0.25, 0.3) is 5.91 Å². The van der Waals surface area contributed by atoms with Gasteiger partial charge in [0.2, 0.25) is 0 Å². The van der Waals surface area contributed by atoms with E-state index in [9.17, 15) is 23.6 Å². The summed E-state index contributed by atoms with van der Waals surface area (Å²) in [5.74, 6) is -2.11. The molecule has 0 saturated heterocycles. The van der Waals surface area contributed by atoms with E-state index in [0.29, 0.717) is 11.4 Å². The van der Waals surface area contributed by atoms with Crippen LogP contribution in [0.25, 0.3) is 0 Å². The second-order valence-electron chi connectivity index (χ2n) is 6.14. The number of anilines is 1. The fourth-order valence-corrected chi connectivity index (χ4v) is 3.33. The molecule has 1 aliphatic rings. The molecule has 0 bridgehead atoms. The summed E-state index contributed by atoms with van der Waals surface area (Å²) in [5, 5.41) is 7.60. The van der Waals surface area contributed by atoms with Gasteiger partial charge >= 0.3 is 18.0 Å². The Bertz CT molecular complexity index is 843. The first-order valence-corrected chi connectivity index (χ1v) is 10.2. The largest absolute Gasteiger partial charge is 0.463 e. The van der Waals surface area contributed by atoms with Crippen LogP contribution >= 0.6 is 11.8 Å². The summed E-state index contributed by atoms with van der Waals surface area (Å²) in [7, 11) is 0. The van der Waals surface area contributed by atoms with Gasteiger partial charge in [0.05, 0.1) is 24.0 Å². The molecule has 1 atom stereocenters. The van der Waals surface area contributed by atoms with E-state index in [-0.39, 0.29) is 23.7 Å². The van der Waals surface area contributed by atoms with Crippen LogP contribution in [0.1, 0.15) is 13.8 Å². The highest BCUT2D eigenvalue weighted by Crippen LogP contribution is 2.18. The zero-order chi connectivity index (χ0) is 22.1. The molecule has 1 aliphatic heterocycles. The topological polar surface area (TPSA) is 123 Å². The van der Waals surface area contributed by atoms with Gasteiger partial charge in [-0.15, -0.1) is 11.8 Å². The Hall–Kier alpha value is -3.08. The molecule has 0 saturated carbocycles. The highest BCUT2D eigenvalue weighted by Gasteiger charge is 2.29. The molecule has 0 aromatic heterocycles. The number of ether oxygens (including phenoxy) is 2. The third-order valence-electron chi connectivity index (χ3n) is 3.82. The summed E-state index contributed by atoms with van der Waals surface area (Å²) < 4.78 is 22.7. The van der Waals surface area contributed by atoms with Gasteiger partial charge in [-0.3, -0.25) is 9.59 Å². The molecule has 162 valence electrons. The van der Waals surface area contributed by atoms with Crippen LogP contribution < -0.4 is 16.0 Å². The second-order valence-corrected chi connectivity index (χ2v) is 7.13. The number of hydrogen-bond acceptors (Lipinski definition) is 7. The molecule has 3 amide bonds. The molecular formula is C19H22FN3O6S. The Morgan fingerprint density at radius 3 is 2.57 bits per heavy atom. The van der Waals surface area contributed by atoms with Crippen LogP contribution in [0.2, 0.25) is 0 Å². The van der Waals surface area contributed by atoms with E-state index in [1.165, 1.54) is 24.3 Å². The maximum atomic E-state index is 12.8. The second kappa shape index (κ2) is 11.2. The molecule has 1 unspecified atom stereocenters. The summed E-state index contributed by atoms with van der Waals surface area (Å²) in [4.78, 5) is 47.4. The Morgan fingerprint density at radius 1 is 1.20 bits per heavy atom. The molecule has 11 heteroatoms. The van der Waals surface area contributed by atoms with Crippen LogP contribution in [0.3, 0.4) is 0 Å². The lowest BCUT2D eigenvalue weighted by molar-refractivity contribution is -0.144. The van der Waals surface area contributed by atoms with E-state index < -0.39 is 42.3 Å². The first kappa shape index (κ1) is 23.2.